The van der Waals surface area contributed by atoms with E-state index in [0.717, 1.165) is 30.2 Å². The Hall–Kier alpha value is -3.08. The number of hydrogen-bond acceptors (Lipinski definition) is 4. The molecule has 1 aromatic heterocycles. The smallest absolute Gasteiger partial charge is 0.375 e. The minimum atomic E-state index is -0.903. The van der Waals surface area contributed by atoms with Crippen molar-refractivity contribution in [1.82, 2.24) is 5.32 Å². The highest BCUT2D eigenvalue weighted by molar-refractivity contribution is 5.94. The van der Waals surface area contributed by atoms with Gasteiger partial charge in [-0.05, 0) is 49.4 Å². The Morgan fingerprint density at radius 3 is 2.78 bits per heavy atom. The van der Waals surface area contributed by atoms with E-state index < -0.39 is 12.1 Å². The van der Waals surface area contributed by atoms with Crippen LogP contribution in [0.25, 0.3) is 11.0 Å². The summed E-state index contributed by atoms with van der Waals surface area (Å²) in [5, 5.41) is 3.83. The summed E-state index contributed by atoms with van der Waals surface area (Å²) in [6, 6.07) is 17.0. The first-order valence-electron chi connectivity index (χ1n) is 9.19. The van der Waals surface area contributed by atoms with Crippen molar-refractivity contribution in [3.8, 4) is 0 Å². The lowest BCUT2D eigenvalue weighted by molar-refractivity contribution is -0.130. The molecule has 0 spiro atoms. The topological polar surface area (TPSA) is 68.5 Å². The van der Waals surface area contributed by atoms with Gasteiger partial charge in [0, 0.05) is 5.39 Å². The molecule has 138 valence electrons. The van der Waals surface area contributed by atoms with Crippen LogP contribution in [0.4, 0.5) is 0 Å². The van der Waals surface area contributed by atoms with E-state index in [1.54, 1.807) is 19.1 Å². The summed E-state index contributed by atoms with van der Waals surface area (Å²) in [6.45, 7) is 1.57. The number of esters is 1. The molecule has 0 fully saturated rings. The summed E-state index contributed by atoms with van der Waals surface area (Å²) < 4.78 is 10.8. The second kappa shape index (κ2) is 7.27. The van der Waals surface area contributed by atoms with Crippen molar-refractivity contribution < 1.29 is 18.7 Å². The molecule has 1 heterocycles. The van der Waals surface area contributed by atoms with E-state index in [4.69, 9.17) is 9.15 Å². The van der Waals surface area contributed by atoms with E-state index in [2.05, 4.69) is 11.4 Å². The number of furan rings is 1. The highest BCUT2D eigenvalue weighted by atomic mass is 16.6. The van der Waals surface area contributed by atoms with Crippen molar-refractivity contribution >= 4 is 22.8 Å². The predicted molar refractivity (Wildman–Crippen MR) is 101 cm³/mol. The number of fused-ring (bicyclic) bond motifs is 2. The number of amides is 1. The number of ether oxygens (including phenoxy) is 1. The predicted octanol–water partition coefficient (Wildman–Crippen LogP) is 4.17. The van der Waals surface area contributed by atoms with Gasteiger partial charge in [-0.2, -0.15) is 0 Å². The van der Waals surface area contributed by atoms with Gasteiger partial charge in [0.1, 0.15) is 5.58 Å². The zero-order valence-electron chi connectivity index (χ0n) is 15.1. The van der Waals surface area contributed by atoms with Crippen molar-refractivity contribution in [2.45, 2.75) is 38.3 Å². The average molecular weight is 363 g/mol. The van der Waals surface area contributed by atoms with Crippen LogP contribution in [0.3, 0.4) is 0 Å². The molecule has 0 aliphatic heterocycles. The van der Waals surface area contributed by atoms with Crippen LogP contribution >= 0.6 is 0 Å². The minimum absolute atomic E-state index is 0.0465. The maximum atomic E-state index is 12.5. The Morgan fingerprint density at radius 2 is 1.93 bits per heavy atom. The standard InChI is InChI=1S/C22H21NO4/c1-14(26-22(25)20-13-16-8-3-5-12-19(16)27-20)21(24)23-18-11-6-9-15-7-2-4-10-17(15)18/h2-5,7-8,10,12-14,18H,6,9,11H2,1H3,(H,23,24)/t14-,18-/m1/s1. The lowest BCUT2D eigenvalue weighted by Crippen LogP contribution is -2.39. The summed E-state index contributed by atoms with van der Waals surface area (Å²) in [6.07, 6.45) is 2.03. The summed E-state index contributed by atoms with van der Waals surface area (Å²) in [4.78, 5) is 24.9. The number of rotatable bonds is 4. The zero-order chi connectivity index (χ0) is 18.8. The van der Waals surface area contributed by atoms with E-state index in [1.165, 1.54) is 5.56 Å². The summed E-state index contributed by atoms with van der Waals surface area (Å²) >= 11 is 0. The number of carbonyl (C=O) groups excluding carboxylic acids is 2. The third kappa shape index (κ3) is 3.58. The summed E-state index contributed by atoms with van der Waals surface area (Å²) in [7, 11) is 0. The van der Waals surface area contributed by atoms with Gasteiger partial charge in [-0.25, -0.2) is 4.79 Å². The molecule has 3 aromatic rings. The lowest BCUT2D eigenvalue weighted by Gasteiger charge is -2.27. The molecule has 5 nitrogen and oxygen atoms in total. The van der Waals surface area contributed by atoms with Crippen LogP contribution in [0.15, 0.2) is 59.0 Å². The molecule has 0 radical (unpaired) electrons. The van der Waals surface area contributed by atoms with Crippen LogP contribution in [0.1, 0.15) is 47.5 Å². The van der Waals surface area contributed by atoms with Crippen LogP contribution in [0.5, 0.6) is 0 Å². The molecule has 1 N–H and O–H groups in total. The Bertz CT molecular complexity index is 958. The van der Waals surface area contributed by atoms with Crippen LogP contribution in [-0.4, -0.2) is 18.0 Å². The molecule has 0 bridgehead atoms. The molecular formula is C22H21NO4. The van der Waals surface area contributed by atoms with Crippen LogP contribution < -0.4 is 5.32 Å². The first-order valence-corrected chi connectivity index (χ1v) is 9.19. The number of para-hydroxylation sites is 1. The van der Waals surface area contributed by atoms with Gasteiger partial charge in [-0.15, -0.1) is 0 Å². The fraction of sp³-hybridized carbons (Fsp3) is 0.273. The first-order chi connectivity index (χ1) is 13.1. The number of hydrogen-bond donors (Lipinski definition) is 1. The Kier molecular flexibility index (Phi) is 4.67. The Balaban J connectivity index is 1.41. The van der Waals surface area contributed by atoms with Crippen LogP contribution in [0.2, 0.25) is 0 Å². The molecule has 4 rings (SSSR count). The molecule has 0 saturated carbocycles. The lowest BCUT2D eigenvalue weighted by atomic mass is 9.87. The van der Waals surface area contributed by atoms with Gasteiger partial charge in [0.05, 0.1) is 6.04 Å². The SMILES string of the molecule is C[C@@H](OC(=O)c1cc2ccccc2o1)C(=O)N[C@@H]1CCCc2ccccc21. The molecule has 5 heteroatoms. The highest BCUT2D eigenvalue weighted by Crippen LogP contribution is 2.29. The van der Waals surface area contributed by atoms with E-state index in [0.29, 0.717) is 5.58 Å². The summed E-state index contributed by atoms with van der Waals surface area (Å²) in [5.74, 6) is -0.849. The monoisotopic (exact) mass is 363 g/mol. The van der Waals surface area contributed by atoms with Gasteiger partial charge < -0.3 is 14.5 Å². The third-order valence-corrected chi connectivity index (χ3v) is 4.97. The number of carbonyl (C=O) groups is 2. The van der Waals surface area contributed by atoms with Crippen molar-refractivity contribution in [1.29, 1.82) is 0 Å². The molecule has 0 unspecified atom stereocenters. The van der Waals surface area contributed by atoms with Gasteiger partial charge in [0.2, 0.25) is 5.76 Å². The highest BCUT2D eigenvalue weighted by Gasteiger charge is 2.26. The van der Waals surface area contributed by atoms with Gasteiger partial charge >= 0.3 is 5.97 Å². The number of aryl methyl sites for hydroxylation is 1. The van der Waals surface area contributed by atoms with Crippen LogP contribution in [-0.2, 0) is 16.0 Å². The second-order valence-electron chi connectivity index (χ2n) is 6.85. The van der Waals surface area contributed by atoms with E-state index in [9.17, 15) is 9.59 Å². The quantitative estimate of drug-likeness (QED) is 0.706. The molecule has 1 aliphatic rings. The van der Waals surface area contributed by atoms with Crippen molar-refractivity contribution in [2.75, 3.05) is 0 Å². The third-order valence-electron chi connectivity index (χ3n) is 4.97. The number of benzene rings is 2. The maximum absolute atomic E-state index is 12.5. The number of nitrogens with one attached hydrogen (secondary N) is 1. The normalized spacial score (nSPS) is 17.1. The maximum Gasteiger partial charge on any atom is 0.375 e. The molecule has 27 heavy (non-hydrogen) atoms. The molecule has 2 atom stereocenters. The molecule has 1 amide bonds. The second-order valence-corrected chi connectivity index (χ2v) is 6.85. The fourth-order valence-corrected chi connectivity index (χ4v) is 3.55. The van der Waals surface area contributed by atoms with Gasteiger partial charge in [0.15, 0.2) is 6.10 Å². The van der Waals surface area contributed by atoms with Crippen molar-refractivity contribution in [3.63, 3.8) is 0 Å². The fourth-order valence-electron chi connectivity index (χ4n) is 3.55. The molecule has 2 aromatic carbocycles. The average Bonchev–Trinajstić information content (AvgIpc) is 3.12. The zero-order valence-corrected chi connectivity index (χ0v) is 15.1. The van der Waals surface area contributed by atoms with E-state index in [-0.39, 0.29) is 17.7 Å². The van der Waals surface area contributed by atoms with Gasteiger partial charge in [-0.1, -0.05) is 42.5 Å². The Morgan fingerprint density at radius 1 is 1.15 bits per heavy atom. The largest absolute Gasteiger partial charge is 0.449 e. The van der Waals surface area contributed by atoms with Gasteiger partial charge in [-0.3, -0.25) is 4.79 Å². The first kappa shape index (κ1) is 17.3. The molecular weight excluding hydrogens is 342 g/mol. The van der Waals surface area contributed by atoms with Crippen molar-refractivity contribution in [2.24, 2.45) is 0 Å². The molecule has 0 saturated heterocycles. The van der Waals surface area contributed by atoms with Gasteiger partial charge in [0.25, 0.3) is 5.91 Å². The molecule has 1 aliphatic carbocycles. The Labute approximate surface area is 157 Å². The minimum Gasteiger partial charge on any atom is -0.449 e. The van der Waals surface area contributed by atoms with E-state index >= 15 is 0 Å². The van der Waals surface area contributed by atoms with Crippen molar-refractivity contribution in [3.05, 3.63) is 71.5 Å². The summed E-state index contributed by atoms with van der Waals surface area (Å²) in [5.41, 5.74) is 3.02. The van der Waals surface area contributed by atoms with Crippen LogP contribution in [0, 0.1) is 0 Å². The van der Waals surface area contributed by atoms with E-state index in [1.807, 2.05) is 36.4 Å².